The monoisotopic (exact) mass is 341 g/mol. The maximum absolute atomic E-state index is 5.94. The van der Waals surface area contributed by atoms with Gasteiger partial charge in [-0.2, -0.15) is 5.10 Å². The average molecular weight is 342 g/mol. The Morgan fingerprint density at radius 2 is 2.04 bits per heavy atom. The molecule has 0 spiro atoms. The summed E-state index contributed by atoms with van der Waals surface area (Å²) in [7, 11) is 2.70. The van der Waals surface area contributed by atoms with E-state index in [1.54, 1.807) is 0 Å². The Balaban J connectivity index is 2.13. The molecule has 1 saturated heterocycles. The van der Waals surface area contributed by atoms with E-state index in [0.717, 1.165) is 41.6 Å². The van der Waals surface area contributed by atoms with E-state index in [9.17, 15) is 0 Å². The zero-order chi connectivity index (χ0) is 17.3. The Morgan fingerprint density at radius 3 is 2.67 bits per heavy atom. The van der Waals surface area contributed by atoms with Gasteiger partial charge in [-0.3, -0.25) is 0 Å². The largest absolute Gasteiger partial charge is 0.378 e. The van der Waals surface area contributed by atoms with Crippen LogP contribution in [0.15, 0.2) is 18.3 Å². The number of hydrogen-bond donors (Lipinski definition) is 0. The zero-order valence-electron chi connectivity index (χ0n) is 15.4. The SMILES string of the molecule is CN(C)c1cc(C#C[Si](C)(C)C)c2cnn(C3CCCCO3)c2c1. The van der Waals surface area contributed by atoms with Crippen LogP contribution in [0.25, 0.3) is 10.9 Å². The van der Waals surface area contributed by atoms with Gasteiger partial charge in [0.25, 0.3) is 0 Å². The quantitative estimate of drug-likeness (QED) is 0.610. The van der Waals surface area contributed by atoms with E-state index in [-0.39, 0.29) is 6.23 Å². The van der Waals surface area contributed by atoms with Crippen molar-refractivity contribution < 1.29 is 4.74 Å². The number of hydrogen-bond acceptors (Lipinski definition) is 3. The van der Waals surface area contributed by atoms with Gasteiger partial charge in [0, 0.05) is 37.3 Å². The van der Waals surface area contributed by atoms with Crippen LogP contribution in [0.1, 0.15) is 31.1 Å². The fourth-order valence-electron chi connectivity index (χ4n) is 2.89. The molecule has 0 aliphatic carbocycles. The first-order chi connectivity index (χ1) is 11.3. The smallest absolute Gasteiger partial charge is 0.150 e. The van der Waals surface area contributed by atoms with Gasteiger partial charge >= 0.3 is 0 Å². The lowest BCUT2D eigenvalue weighted by molar-refractivity contribution is -0.0366. The lowest BCUT2D eigenvalue weighted by Gasteiger charge is -2.24. The molecule has 0 amide bonds. The summed E-state index contributed by atoms with van der Waals surface area (Å²) in [5.41, 5.74) is 6.83. The second-order valence-electron chi connectivity index (χ2n) is 7.73. The fourth-order valence-corrected chi connectivity index (χ4v) is 3.40. The Labute approximate surface area is 145 Å². The van der Waals surface area contributed by atoms with E-state index in [4.69, 9.17) is 4.74 Å². The van der Waals surface area contributed by atoms with Crippen molar-refractivity contribution >= 4 is 24.7 Å². The van der Waals surface area contributed by atoms with E-state index in [1.165, 1.54) is 6.42 Å². The molecule has 0 bridgehead atoms. The molecule has 4 nitrogen and oxygen atoms in total. The first kappa shape index (κ1) is 17.1. The number of anilines is 1. The van der Waals surface area contributed by atoms with Crippen LogP contribution in [-0.2, 0) is 4.74 Å². The van der Waals surface area contributed by atoms with E-state index in [1.807, 2.05) is 10.9 Å². The van der Waals surface area contributed by atoms with Crippen LogP contribution in [0, 0.1) is 11.5 Å². The van der Waals surface area contributed by atoms with E-state index in [0.29, 0.717) is 0 Å². The molecule has 2 aromatic rings. The minimum atomic E-state index is -1.42. The molecule has 1 aliphatic rings. The molecule has 1 aromatic heterocycles. The molecule has 5 heteroatoms. The molecule has 1 aromatic carbocycles. The summed E-state index contributed by atoms with van der Waals surface area (Å²) in [6.07, 6.45) is 5.36. The van der Waals surface area contributed by atoms with Gasteiger partial charge in [0.05, 0.1) is 11.7 Å². The maximum atomic E-state index is 5.94. The standard InChI is InChI=1S/C19H27N3OSi/c1-21(2)16-12-15(9-11-24(3,4)5)17-14-20-22(18(17)13-16)19-8-6-7-10-23-19/h12-14,19H,6-8,10H2,1-5H3. The Morgan fingerprint density at radius 1 is 1.25 bits per heavy atom. The summed E-state index contributed by atoms with van der Waals surface area (Å²) in [6.45, 7) is 7.63. The molecule has 1 fully saturated rings. The van der Waals surface area contributed by atoms with Gasteiger partial charge in [-0.05, 0) is 31.4 Å². The third kappa shape index (κ3) is 3.66. The molecule has 1 unspecified atom stereocenters. The molecule has 0 radical (unpaired) electrons. The maximum Gasteiger partial charge on any atom is 0.150 e. The topological polar surface area (TPSA) is 30.3 Å². The molecule has 2 heterocycles. The Kier molecular flexibility index (Phi) is 4.70. The third-order valence-corrected chi connectivity index (χ3v) is 5.09. The van der Waals surface area contributed by atoms with Gasteiger partial charge in [-0.25, -0.2) is 4.68 Å². The average Bonchev–Trinajstić information content (AvgIpc) is 2.96. The van der Waals surface area contributed by atoms with Crippen LogP contribution < -0.4 is 4.90 Å². The number of aromatic nitrogens is 2. The molecule has 128 valence electrons. The van der Waals surface area contributed by atoms with Crippen LogP contribution in [0.3, 0.4) is 0 Å². The van der Waals surface area contributed by atoms with Crippen molar-refractivity contribution in [2.24, 2.45) is 0 Å². The van der Waals surface area contributed by atoms with Crippen molar-refractivity contribution in [3.8, 4) is 11.5 Å². The lowest BCUT2D eigenvalue weighted by atomic mass is 10.1. The highest BCUT2D eigenvalue weighted by Gasteiger charge is 2.20. The summed E-state index contributed by atoms with van der Waals surface area (Å²) in [6, 6.07) is 4.36. The summed E-state index contributed by atoms with van der Waals surface area (Å²) < 4.78 is 7.99. The molecule has 0 N–H and O–H groups in total. The van der Waals surface area contributed by atoms with E-state index < -0.39 is 8.07 Å². The van der Waals surface area contributed by atoms with E-state index >= 15 is 0 Å². The highest BCUT2D eigenvalue weighted by Crippen LogP contribution is 2.30. The number of fused-ring (bicyclic) bond motifs is 1. The van der Waals surface area contributed by atoms with Gasteiger partial charge in [-0.15, -0.1) is 5.54 Å². The van der Waals surface area contributed by atoms with Crippen molar-refractivity contribution in [3.05, 3.63) is 23.9 Å². The predicted octanol–water partition coefficient (Wildman–Crippen LogP) is 4.03. The number of benzene rings is 1. The summed E-state index contributed by atoms with van der Waals surface area (Å²) in [5, 5.41) is 5.77. The molecule has 3 rings (SSSR count). The minimum absolute atomic E-state index is 0.0477. The highest BCUT2D eigenvalue weighted by atomic mass is 28.3. The molecule has 24 heavy (non-hydrogen) atoms. The second-order valence-corrected chi connectivity index (χ2v) is 12.5. The van der Waals surface area contributed by atoms with Crippen LogP contribution in [0.2, 0.25) is 19.6 Å². The van der Waals surface area contributed by atoms with Crippen LogP contribution in [-0.4, -0.2) is 38.6 Å². The van der Waals surface area contributed by atoms with Crippen LogP contribution >= 0.6 is 0 Å². The third-order valence-electron chi connectivity index (χ3n) is 4.22. The van der Waals surface area contributed by atoms with Crippen molar-refractivity contribution in [1.29, 1.82) is 0 Å². The Hall–Kier alpha value is -1.77. The molecular weight excluding hydrogens is 314 g/mol. The first-order valence-electron chi connectivity index (χ1n) is 8.68. The van der Waals surface area contributed by atoms with Gasteiger partial charge in [0.2, 0.25) is 0 Å². The normalized spacial score (nSPS) is 18.3. The van der Waals surface area contributed by atoms with Gasteiger partial charge in [0.1, 0.15) is 8.07 Å². The molecule has 1 atom stereocenters. The highest BCUT2D eigenvalue weighted by molar-refractivity contribution is 6.83. The summed E-state index contributed by atoms with van der Waals surface area (Å²) in [5.74, 6) is 3.43. The van der Waals surface area contributed by atoms with Crippen LogP contribution in [0.5, 0.6) is 0 Å². The number of rotatable bonds is 2. The van der Waals surface area contributed by atoms with Gasteiger partial charge in [0.15, 0.2) is 6.23 Å². The lowest BCUT2D eigenvalue weighted by Crippen LogP contribution is -2.19. The minimum Gasteiger partial charge on any atom is -0.378 e. The van der Waals surface area contributed by atoms with Crippen molar-refractivity contribution in [3.63, 3.8) is 0 Å². The van der Waals surface area contributed by atoms with E-state index in [2.05, 4.69) is 67.3 Å². The Bertz CT molecular complexity index is 787. The summed E-state index contributed by atoms with van der Waals surface area (Å²) in [4.78, 5) is 2.12. The second kappa shape index (κ2) is 6.62. The van der Waals surface area contributed by atoms with Crippen molar-refractivity contribution in [2.75, 3.05) is 25.6 Å². The first-order valence-corrected chi connectivity index (χ1v) is 12.2. The van der Waals surface area contributed by atoms with Gasteiger partial charge < -0.3 is 9.64 Å². The summed E-state index contributed by atoms with van der Waals surface area (Å²) >= 11 is 0. The molecular formula is C19H27N3OSi. The predicted molar refractivity (Wildman–Crippen MR) is 103 cm³/mol. The van der Waals surface area contributed by atoms with Crippen molar-refractivity contribution in [2.45, 2.75) is 45.1 Å². The van der Waals surface area contributed by atoms with Gasteiger partial charge in [-0.1, -0.05) is 25.6 Å². The number of nitrogens with zero attached hydrogens (tertiary/aromatic N) is 3. The fraction of sp³-hybridized carbons (Fsp3) is 0.526. The van der Waals surface area contributed by atoms with Crippen LogP contribution in [0.4, 0.5) is 5.69 Å². The van der Waals surface area contributed by atoms with Crippen molar-refractivity contribution in [1.82, 2.24) is 9.78 Å². The molecule has 1 aliphatic heterocycles. The number of ether oxygens (including phenoxy) is 1. The zero-order valence-corrected chi connectivity index (χ0v) is 16.4. The molecule has 0 saturated carbocycles.